The molecule has 4 heteroatoms. The highest BCUT2D eigenvalue weighted by molar-refractivity contribution is 7.21. The van der Waals surface area contributed by atoms with Crippen molar-refractivity contribution in [2.75, 3.05) is 4.90 Å². The molecule has 0 radical (unpaired) electrons. The van der Waals surface area contributed by atoms with Gasteiger partial charge in [-0.1, -0.05) is 135 Å². The molecule has 274 valence electrons. The first kappa shape index (κ1) is 33.2. The van der Waals surface area contributed by atoms with Crippen molar-refractivity contribution in [3.8, 4) is 32.8 Å². The lowest BCUT2D eigenvalue weighted by molar-refractivity contribution is 0.660. The number of furan rings is 1. The van der Waals surface area contributed by atoms with Crippen LogP contribution in [0, 0.1) is 0 Å². The minimum absolute atomic E-state index is 0.124. The van der Waals surface area contributed by atoms with Crippen LogP contribution >= 0.6 is 11.3 Å². The van der Waals surface area contributed by atoms with E-state index in [9.17, 15) is 0 Å². The Hall–Kier alpha value is -7.01. The molecule has 12 rings (SSSR count). The molecule has 0 fully saturated rings. The first-order chi connectivity index (χ1) is 28.5. The third-order valence-corrected chi connectivity index (χ3v) is 13.3. The largest absolute Gasteiger partial charge is 0.456 e. The molecule has 0 N–H and O–H groups in total. The van der Waals surface area contributed by atoms with E-state index in [0.29, 0.717) is 0 Å². The molecule has 0 aliphatic heterocycles. The summed E-state index contributed by atoms with van der Waals surface area (Å²) in [5.74, 6) is 0. The summed E-state index contributed by atoms with van der Waals surface area (Å²) < 4.78 is 7.48. The molecular weight excluding hydrogens is 725 g/mol. The van der Waals surface area contributed by atoms with Crippen molar-refractivity contribution in [1.82, 2.24) is 4.98 Å². The van der Waals surface area contributed by atoms with Crippen LogP contribution in [0.15, 0.2) is 186 Å². The van der Waals surface area contributed by atoms with Gasteiger partial charge in [-0.3, -0.25) is 0 Å². The van der Waals surface area contributed by atoms with Crippen LogP contribution in [-0.4, -0.2) is 4.98 Å². The maximum absolute atomic E-state index is 6.29. The number of hydrogen-bond acceptors (Lipinski definition) is 4. The molecule has 0 spiro atoms. The number of rotatable bonds is 5. The van der Waals surface area contributed by atoms with Gasteiger partial charge in [-0.2, -0.15) is 0 Å². The Morgan fingerprint density at radius 2 is 1.17 bits per heavy atom. The summed E-state index contributed by atoms with van der Waals surface area (Å²) >= 11 is 1.76. The van der Waals surface area contributed by atoms with Crippen molar-refractivity contribution in [3.05, 3.63) is 193 Å². The molecule has 0 saturated carbocycles. The van der Waals surface area contributed by atoms with Gasteiger partial charge in [-0.25, -0.2) is 4.98 Å². The molecule has 1 aliphatic rings. The maximum atomic E-state index is 6.29. The van der Waals surface area contributed by atoms with Gasteiger partial charge in [0.05, 0.1) is 10.2 Å². The molecule has 0 amide bonds. The fraction of sp³-hybridized carbons (Fsp3) is 0.0556. The molecule has 2 heterocycles. The van der Waals surface area contributed by atoms with E-state index in [1.165, 1.54) is 59.6 Å². The SMILES string of the molecule is CC1(C)c2ccccc2-c2ccc(N(c3ccc4c(ccc5ccc6sc(-c7cccc(-c8ccccc8)c7)nc6c54)c3)c3ccc4oc5ccccc5c4c3)cc21. The zero-order chi connectivity index (χ0) is 38.5. The Bertz CT molecular complexity index is 3450. The highest BCUT2D eigenvalue weighted by Gasteiger charge is 2.35. The molecule has 0 bridgehead atoms. The van der Waals surface area contributed by atoms with Crippen molar-refractivity contribution in [3.63, 3.8) is 0 Å². The fourth-order valence-electron chi connectivity index (χ4n) is 9.38. The molecule has 0 atom stereocenters. The molecule has 3 nitrogen and oxygen atoms in total. The summed E-state index contributed by atoms with van der Waals surface area (Å²) in [5.41, 5.74) is 14.9. The van der Waals surface area contributed by atoms with Gasteiger partial charge in [0.15, 0.2) is 0 Å². The second-order valence-electron chi connectivity index (χ2n) is 16.0. The maximum Gasteiger partial charge on any atom is 0.135 e. The van der Waals surface area contributed by atoms with E-state index in [-0.39, 0.29) is 5.41 Å². The van der Waals surface area contributed by atoms with Gasteiger partial charge in [-0.15, -0.1) is 11.3 Å². The van der Waals surface area contributed by atoms with Crippen LogP contribution in [0.1, 0.15) is 25.0 Å². The summed E-state index contributed by atoms with van der Waals surface area (Å²) in [6, 6.07) is 66.0. The van der Waals surface area contributed by atoms with Gasteiger partial charge in [0.1, 0.15) is 16.2 Å². The number of hydrogen-bond donors (Lipinski definition) is 0. The number of fused-ring (bicyclic) bond motifs is 11. The van der Waals surface area contributed by atoms with E-state index in [1.807, 2.05) is 12.1 Å². The van der Waals surface area contributed by atoms with Crippen LogP contribution in [0.25, 0.3) is 86.5 Å². The quantitative estimate of drug-likeness (QED) is 0.164. The minimum atomic E-state index is -0.124. The first-order valence-electron chi connectivity index (χ1n) is 19.9. The van der Waals surface area contributed by atoms with Crippen molar-refractivity contribution >= 4 is 82.1 Å². The summed E-state index contributed by atoms with van der Waals surface area (Å²) in [5, 5.41) is 8.01. The molecular formula is C54H36N2OS. The second-order valence-corrected chi connectivity index (χ2v) is 17.0. The van der Waals surface area contributed by atoms with Gasteiger partial charge >= 0.3 is 0 Å². The minimum Gasteiger partial charge on any atom is -0.456 e. The van der Waals surface area contributed by atoms with Crippen LogP contribution < -0.4 is 4.90 Å². The lowest BCUT2D eigenvalue weighted by Gasteiger charge is -2.28. The predicted molar refractivity (Wildman–Crippen MR) is 245 cm³/mol. The summed E-state index contributed by atoms with van der Waals surface area (Å²) in [4.78, 5) is 7.77. The van der Waals surface area contributed by atoms with Gasteiger partial charge in [-0.05, 0) is 110 Å². The highest BCUT2D eigenvalue weighted by Crippen LogP contribution is 2.51. The van der Waals surface area contributed by atoms with Gasteiger partial charge in [0.2, 0.25) is 0 Å². The number of nitrogens with zero attached hydrogens (tertiary/aromatic N) is 2. The molecule has 0 saturated heterocycles. The normalized spacial score (nSPS) is 13.1. The van der Waals surface area contributed by atoms with Crippen molar-refractivity contribution in [1.29, 1.82) is 0 Å². The lowest BCUT2D eigenvalue weighted by atomic mass is 9.82. The molecule has 1 aliphatic carbocycles. The van der Waals surface area contributed by atoms with Crippen molar-refractivity contribution in [2.24, 2.45) is 0 Å². The average Bonchev–Trinajstić information content (AvgIpc) is 3.94. The Morgan fingerprint density at radius 1 is 0.483 bits per heavy atom. The number of benzene rings is 9. The van der Waals surface area contributed by atoms with Crippen LogP contribution in [0.5, 0.6) is 0 Å². The number of thiazole rings is 1. The summed E-state index contributed by atoms with van der Waals surface area (Å²) in [7, 11) is 0. The zero-order valence-electron chi connectivity index (χ0n) is 32.0. The number of aromatic nitrogens is 1. The predicted octanol–water partition coefficient (Wildman–Crippen LogP) is 15.6. The van der Waals surface area contributed by atoms with Crippen molar-refractivity contribution in [2.45, 2.75) is 19.3 Å². The molecule has 58 heavy (non-hydrogen) atoms. The zero-order valence-corrected chi connectivity index (χ0v) is 32.8. The van der Waals surface area contributed by atoms with Crippen molar-refractivity contribution < 1.29 is 4.42 Å². The average molecular weight is 761 g/mol. The van der Waals surface area contributed by atoms with E-state index < -0.39 is 0 Å². The van der Waals surface area contributed by atoms with Crippen LogP contribution in [-0.2, 0) is 5.41 Å². The summed E-state index contributed by atoms with van der Waals surface area (Å²) in [6.45, 7) is 4.70. The Balaban J connectivity index is 1.03. The first-order valence-corrected chi connectivity index (χ1v) is 20.7. The van der Waals surface area contributed by atoms with E-state index in [4.69, 9.17) is 9.40 Å². The smallest absolute Gasteiger partial charge is 0.135 e. The van der Waals surface area contributed by atoms with Crippen LogP contribution in [0.2, 0.25) is 0 Å². The highest BCUT2D eigenvalue weighted by atomic mass is 32.1. The monoisotopic (exact) mass is 760 g/mol. The third kappa shape index (κ3) is 5.02. The Morgan fingerprint density at radius 3 is 2.10 bits per heavy atom. The molecule has 0 unspecified atom stereocenters. The van der Waals surface area contributed by atoms with Gasteiger partial charge < -0.3 is 9.32 Å². The van der Waals surface area contributed by atoms with Crippen LogP contribution in [0.3, 0.4) is 0 Å². The van der Waals surface area contributed by atoms with E-state index in [2.05, 4.69) is 189 Å². The number of anilines is 3. The van der Waals surface area contributed by atoms with Gasteiger partial charge in [0.25, 0.3) is 0 Å². The fourth-order valence-corrected chi connectivity index (χ4v) is 10.4. The summed E-state index contributed by atoms with van der Waals surface area (Å²) in [6.07, 6.45) is 0. The topological polar surface area (TPSA) is 29.3 Å². The second kappa shape index (κ2) is 12.5. The lowest BCUT2D eigenvalue weighted by Crippen LogP contribution is -2.16. The molecule has 2 aromatic heterocycles. The van der Waals surface area contributed by atoms with Crippen LogP contribution in [0.4, 0.5) is 17.1 Å². The molecule has 9 aromatic carbocycles. The Labute approximate surface area is 340 Å². The van der Waals surface area contributed by atoms with E-state index >= 15 is 0 Å². The third-order valence-electron chi connectivity index (χ3n) is 12.3. The molecule has 11 aromatic rings. The van der Waals surface area contributed by atoms with Gasteiger partial charge in [0, 0.05) is 44.2 Å². The van der Waals surface area contributed by atoms with E-state index in [1.54, 1.807) is 11.3 Å². The van der Waals surface area contributed by atoms with E-state index in [0.717, 1.165) is 55.1 Å². The number of para-hydroxylation sites is 1. The standard InChI is InChI=1S/C54H36N2OS/c1-54(2)46-17-8-6-15-42(46)43-26-23-40(32-47(43)54)56(39-24-27-49-45(31-39)44-16-7-9-18-48(44)57-49)38-22-25-41-36(30-38)20-19-34-21-28-50-52(51(34)41)55-53(58-50)37-14-10-13-35(29-37)33-11-4-3-5-12-33/h3-32H,1-2H3. The Kier molecular flexibility index (Phi) is 7.14.